The minimum atomic E-state index is -0.348. The second-order valence-electron chi connectivity index (χ2n) is 7.19. The molecule has 0 atom stereocenters. The first-order valence-electron chi connectivity index (χ1n) is 9.88. The third kappa shape index (κ3) is 4.20. The smallest absolute Gasteiger partial charge is 0.255 e. The number of carbonyl (C=O) groups is 1. The number of H-pyrrole nitrogens is 1. The number of hydrogen-bond donors (Lipinski definition) is 2. The number of anilines is 1. The Morgan fingerprint density at radius 1 is 1.19 bits per heavy atom. The van der Waals surface area contributed by atoms with Crippen LogP contribution in [0.5, 0.6) is 11.5 Å². The molecule has 0 radical (unpaired) electrons. The van der Waals surface area contributed by atoms with Gasteiger partial charge >= 0.3 is 0 Å². The molecule has 0 fully saturated rings. The van der Waals surface area contributed by atoms with Gasteiger partial charge in [-0.05, 0) is 50.0 Å². The van der Waals surface area contributed by atoms with Crippen molar-refractivity contribution < 1.29 is 14.3 Å². The van der Waals surface area contributed by atoms with E-state index in [2.05, 4.69) is 20.4 Å². The van der Waals surface area contributed by atoms with Gasteiger partial charge in [-0.2, -0.15) is 9.78 Å². The van der Waals surface area contributed by atoms with E-state index in [-0.39, 0.29) is 17.4 Å². The molecular weight excluding hydrogens is 398 g/mol. The van der Waals surface area contributed by atoms with E-state index in [1.54, 1.807) is 45.4 Å². The van der Waals surface area contributed by atoms with Crippen LogP contribution in [0.15, 0.2) is 35.1 Å². The third-order valence-electron chi connectivity index (χ3n) is 5.05. The molecule has 2 aromatic heterocycles. The summed E-state index contributed by atoms with van der Waals surface area (Å²) in [4.78, 5) is 32.2. The molecule has 3 aromatic rings. The summed E-state index contributed by atoms with van der Waals surface area (Å²) in [6.07, 6.45) is 5.49. The lowest BCUT2D eigenvalue weighted by atomic mass is 10.2. The van der Waals surface area contributed by atoms with Crippen LogP contribution in [-0.2, 0) is 17.6 Å². The molecule has 0 aliphatic heterocycles. The lowest BCUT2D eigenvalue weighted by Gasteiger charge is -2.08. The number of nitrogens with zero attached hydrogens (tertiary/aromatic N) is 3. The van der Waals surface area contributed by atoms with E-state index in [4.69, 9.17) is 9.47 Å². The number of aryl methyl sites for hydroxylation is 2. The molecule has 1 amide bonds. The second kappa shape index (κ2) is 8.47. The van der Waals surface area contributed by atoms with Crippen LogP contribution in [0.25, 0.3) is 12.0 Å². The molecule has 160 valence electrons. The minimum absolute atomic E-state index is 0.156. The van der Waals surface area contributed by atoms with Crippen LogP contribution in [0.4, 0.5) is 5.82 Å². The molecule has 9 heteroatoms. The van der Waals surface area contributed by atoms with E-state index in [0.29, 0.717) is 23.0 Å². The van der Waals surface area contributed by atoms with Gasteiger partial charge in [0.1, 0.15) is 5.82 Å². The van der Waals surface area contributed by atoms with Gasteiger partial charge in [0.2, 0.25) is 11.9 Å². The Hall–Kier alpha value is -3.88. The summed E-state index contributed by atoms with van der Waals surface area (Å²) in [5.41, 5.74) is 2.83. The van der Waals surface area contributed by atoms with E-state index in [1.807, 2.05) is 6.07 Å². The summed E-state index contributed by atoms with van der Waals surface area (Å²) in [5, 5.41) is 7.17. The summed E-state index contributed by atoms with van der Waals surface area (Å²) in [6.45, 7) is 1.80. The van der Waals surface area contributed by atoms with Gasteiger partial charge in [0.05, 0.1) is 25.6 Å². The fourth-order valence-corrected chi connectivity index (χ4v) is 3.58. The fourth-order valence-electron chi connectivity index (χ4n) is 3.58. The van der Waals surface area contributed by atoms with Gasteiger partial charge in [-0.1, -0.05) is 6.07 Å². The summed E-state index contributed by atoms with van der Waals surface area (Å²) in [6, 6.07) is 7.08. The van der Waals surface area contributed by atoms with Crippen molar-refractivity contribution in [2.24, 2.45) is 0 Å². The van der Waals surface area contributed by atoms with Crippen molar-refractivity contribution in [2.45, 2.75) is 26.2 Å². The Bertz CT molecular complexity index is 1230. The summed E-state index contributed by atoms with van der Waals surface area (Å²) < 4.78 is 11.9. The van der Waals surface area contributed by atoms with Crippen LogP contribution in [0, 0.1) is 6.92 Å². The second-order valence-corrected chi connectivity index (χ2v) is 7.19. The number of aromatic amines is 1. The maximum Gasteiger partial charge on any atom is 0.255 e. The number of carbonyl (C=O) groups excluding carboxylic acids is 1. The van der Waals surface area contributed by atoms with Gasteiger partial charge in [0, 0.05) is 17.7 Å². The van der Waals surface area contributed by atoms with Crippen molar-refractivity contribution >= 4 is 17.8 Å². The van der Waals surface area contributed by atoms with Crippen molar-refractivity contribution in [1.82, 2.24) is 19.7 Å². The quantitative estimate of drug-likeness (QED) is 0.592. The van der Waals surface area contributed by atoms with E-state index in [0.717, 1.165) is 36.1 Å². The molecule has 0 saturated heterocycles. The van der Waals surface area contributed by atoms with Crippen LogP contribution < -0.4 is 20.3 Å². The van der Waals surface area contributed by atoms with Crippen molar-refractivity contribution in [3.63, 3.8) is 0 Å². The summed E-state index contributed by atoms with van der Waals surface area (Å²) in [5.74, 6) is 1.54. The minimum Gasteiger partial charge on any atom is -0.493 e. The van der Waals surface area contributed by atoms with Crippen molar-refractivity contribution in [3.05, 3.63) is 63.2 Å². The van der Waals surface area contributed by atoms with Gasteiger partial charge in [-0.15, -0.1) is 0 Å². The third-order valence-corrected chi connectivity index (χ3v) is 5.05. The Balaban J connectivity index is 1.56. The van der Waals surface area contributed by atoms with Crippen LogP contribution in [0.3, 0.4) is 0 Å². The molecule has 2 N–H and O–H groups in total. The highest BCUT2D eigenvalue weighted by atomic mass is 16.5. The van der Waals surface area contributed by atoms with Crippen LogP contribution in [-0.4, -0.2) is 39.9 Å². The Morgan fingerprint density at radius 2 is 2.00 bits per heavy atom. The monoisotopic (exact) mass is 421 g/mol. The Kier molecular flexibility index (Phi) is 5.57. The standard InChI is InChI=1S/C22H23N5O4/c1-13-11-19(27(26-13)22-23-16-6-4-5-15(16)21(29)25-22)24-20(28)10-8-14-7-9-17(30-2)18(12-14)31-3/h7-12H,4-6H2,1-3H3,(H,24,28)(H,23,25,29)/b10-8+. The molecule has 1 aliphatic carbocycles. The number of benzene rings is 1. The molecule has 0 saturated carbocycles. The van der Waals surface area contributed by atoms with Crippen molar-refractivity contribution in [3.8, 4) is 17.4 Å². The first-order chi connectivity index (χ1) is 15.0. The highest BCUT2D eigenvalue weighted by Crippen LogP contribution is 2.28. The van der Waals surface area contributed by atoms with Gasteiger partial charge in [-0.25, -0.2) is 4.98 Å². The maximum absolute atomic E-state index is 12.5. The predicted molar refractivity (Wildman–Crippen MR) is 116 cm³/mol. The van der Waals surface area contributed by atoms with E-state index >= 15 is 0 Å². The highest BCUT2D eigenvalue weighted by molar-refractivity contribution is 6.01. The van der Waals surface area contributed by atoms with Crippen molar-refractivity contribution in [1.29, 1.82) is 0 Å². The topological polar surface area (TPSA) is 111 Å². The highest BCUT2D eigenvalue weighted by Gasteiger charge is 2.19. The van der Waals surface area contributed by atoms with Crippen LogP contribution in [0.2, 0.25) is 0 Å². The molecule has 0 spiro atoms. The lowest BCUT2D eigenvalue weighted by molar-refractivity contribution is -0.111. The molecular formula is C22H23N5O4. The number of ether oxygens (including phenoxy) is 2. The Morgan fingerprint density at radius 3 is 2.77 bits per heavy atom. The lowest BCUT2D eigenvalue weighted by Crippen LogP contribution is -2.20. The van der Waals surface area contributed by atoms with Gasteiger partial charge < -0.3 is 14.8 Å². The fraction of sp³-hybridized carbons (Fsp3) is 0.273. The molecule has 0 bridgehead atoms. The number of nitrogens with one attached hydrogen (secondary N) is 2. The van der Waals surface area contributed by atoms with E-state index in [1.165, 1.54) is 10.8 Å². The number of amides is 1. The van der Waals surface area contributed by atoms with Gasteiger partial charge in [0.25, 0.3) is 5.56 Å². The van der Waals surface area contributed by atoms with E-state index < -0.39 is 0 Å². The SMILES string of the molecule is COc1ccc(/C=C/C(=O)Nc2cc(C)nn2-c2nc3c(c(=O)[nH]2)CCC3)cc1OC. The number of fused-ring (bicyclic) bond motifs is 1. The van der Waals surface area contributed by atoms with Crippen molar-refractivity contribution in [2.75, 3.05) is 19.5 Å². The molecule has 2 heterocycles. The molecule has 4 rings (SSSR count). The molecule has 31 heavy (non-hydrogen) atoms. The Labute approximate surface area is 178 Å². The number of rotatable bonds is 6. The molecule has 1 aromatic carbocycles. The van der Waals surface area contributed by atoms with Crippen LogP contribution in [0.1, 0.15) is 28.9 Å². The zero-order chi connectivity index (χ0) is 22.0. The van der Waals surface area contributed by atoms with E-state index in [9.17, 15) is 9.59 Å². The van der Waals surface area contributed by atoms with Crippen LogP contribution >= 0.6 is 0 Å². The number of methoxy groups -OCH3 is 2. The van der Waals surface area contributed by atoms with Gasteiger partial charge in [-0.3, -0.25) is 14.6 Å². The molecule has 9 nitrogen and oxygen atoms in total. The normalized spacial score (nSPS) is 12.7. The largest absolute Gasteiger partial charge is 0.493 e. The van der Waals surface area contributed by atoms with Gasteiger partial charge in [0.15, 0.2) is 11.5 Å². The first-order valence-corrected chi connectivity index (χ1v) is 9.88. The number of aromatic nitrogens is 4. The molecule has 1 aliphatic rings. The first kappa shape index (κ1) is 20.4. The summed E-state index contributed by atoms with van der Waals surface area (Å²) in [7, 11) is 3.12. The number of hydrogen-bond acceptors (Lipinski definition) is 6. The predicted octanol–water partition coefficient (Wildman–Crippen LogP) is 2.42. The molecule has 0 unspecified atom stereocenters. The zero-order valence-corrected chi connectivity index (χ0v) is 17.6. The zero-order valence-electron chi connectivity index (χ0n) is 17.6. The maximum atomic E-state index is 12.5. The summed E-state index contributed by atoms with van der Waals surface area (Å²) >= 11 is 0. The average molecular weight is 421 g/mol. The average Bonchev–Trinajstić information content (AvgIpc) is 3.38.